The molecule has 0 rings (SSSR count). The van der Waals surface area contributed by atoms with Gasteiger partial charge in [-0.15, -0.1) is 0 Å². The van der Waals surface area contributed by atoms with Crippen molar-refractivity contribution in [2.24, 2.45) is 0 Å². The zero-order chi connectivity index (χ0) is 40.1. The summed E-state index contributed by atoms with van der Waals surface area (Å²) in [4.78, 5) is 24.3. The number of unbranched alkanes of at least 4 members (excludes halogenated alkanes) is 36. The van der Waals surface area contributed by atoms with Gasteiger partial charge in [-0.05, 0) is 50.3 Å². The van der Waals surface area contributed by atoms with E-state index in [9.17, 15) is 18.9 Å². The molecule has 0 atom stereocenters. The molecule has 0 aliphatic rings. The maximum atomic E-state index is 12.1. The van der Waals surface area contributed by atoms with Gasteiger partial charge in [0.1, 0.15) is 0 Å². The van der Waals surface area contributed by atoms with Gasteiger partial charge in [-0.3, -0.25) is 0 Å². The molecule has 0 amide bonds. The molecule has 0 aromatic carbocycles. The van der Waals surface area contributed by atoms with Gasteiger partial charge in [0.15, 0.2) is 0 Å². The normalized spacial score (nSPS) is 11.7. The van der Waals surface area contributed by atoms with Gasteiger partial charge in [0.05, 0.1) is 0 Å². The first-order chi connectivity index (χ1) is 26.2. The molecule has 7 heteroatoms. The summed E-state index contributed by atoms with van der Waals surface area (Å²) in [5.41, 5.74) is 0. The molecule has 0 N–H and O–H groups in total. The van der Waals surface area contributed by atoms with Gasteiger partial charge in [-0.25, -0.2) is 0 Å². The molecule has 0 spiro atoms. The van der Waals surface area contributed by atoms with Crippen LogP contribution in [-0.2, 0) is 28.6 Å². The molecular weight excluding hydrogens is 768 g/mol. The van der Waals surface area contributed by atoms with Gasteiger partial charge in [-0.2, -0.15) is 0 Å². The topological polar surface area (TPSA) is 80.3 Å². The summed E-state index contributed by atoms with van der Waals surface area (Å²) in [6.07, 6.45) is 52.3. The summed E-state index contributed by atoms with van der Waals surface area (Å²) in [6.45, 7) is 9.02. The molecule has 0 heterocycles. The maximum Gasteiger partial charge on any atom is 2.00 e. The van der Waals surface area contributed by atoms with E-state index in [0.717, 1.165) is 51.4 Å². The van der Waals surface area contributed by atoms with Crippen LogP contribution in [0.25, 0.3) is 0 Å². The molecule has 55 heavy (non-hydrogen) atoms. The molecule has 0 saturated carbocycles. The minimum absolute atomic E-state index is 0. The minimum atomic E-state index is -3.09. The zero-order valence-corrected chi connectivity index (χ0v) is 43.1. The van der Waals surface area contributed by atoms with Gasteiger partial charge in [0.25, 0.3) is 0 Å². The molecule has 0 bridgehead atoms. The second-order valence-electron chi connectivity index (χ2n) is 17.3. The van der Waals surface area contributed by atoms with Crippen molar-refractivity contribution in [2.45, 2.75) is 285 Å². The van der Waals surface area contributed by atoms with Gasteiger partial charge >= 0.3 is 19.5 Å². The molecule has 0 unspecified atom stereocenters. The first-order valence-corrected chi connectivity index (χ1v) is 28.8. The molecular formula is C48H100O4P2Zn. The van der Waals surface area contributed by atoms with Crippen molar-refractivity contribution in [1.82, 2.24) is 0 Å². The van der Waals surface area contributed by atoms with Crippen molar-refractivity contribution in [3.05, 3.63) is 0 Å². The number of rotatable bonds is 44. The van der Waals surface area contributed by atoms with Crippen molar-refractivity contribution >= 4 is 14.7 Å². The minimum Gasteiger partial charge on any atom is -0.799 e. The van der Waals surface area contributed by atoms with Crippen molar-refractivity contribution in [3.8, 4) is 0 Å². The summed E-state index contributed by atoms with van der Waals surface area (Å²) in [7, 11) is -6.18. The number of hydrogen-bond acceptors (Lipinski definition) is 4. The SMILES string of the molecule is CCCCCCCCCCCCP(=O)([O-])CCCCCCCCCCCC.CCCCCCCCCCCCP(=O)([O-])CCCCCCCCCCCC.[Zn+2]. The Morgan fingerprint density at radius 2 is 0.345 bits per heavy atom. The summed E-state index contributed by atoms with van der Waals surface area (Å²) >= 11 is 0. The van der Waals surface area contributed by atoms with Crippen molar-refractivity contribution in [3.63, 3.8) is 0 Å². The van der Waals surface area contributed by atoms with E-state index in [4.69, 9.17) is 0 Å². The average Bonchev–Trinajstić information content (AvgIpc) is 3.15. The molecule has 0 aliphatic heterocycles. The Labute approximate surface area is 360 Å². The third kappa shape index (κ3) is 55.0. The molecule has 0 fully saturated rings. The molecule has 0 saturated heterocycles. The largest absolute Gasteiger partial charge is 2.00 e. The molecule has 4 nitrogen and oxygen atoms in total. The predicted molar refractivity (Wildman–Crippen MR) is 242 cm³/mol. The van der Waals surface area contributed by atoms with Crippen LogP contribution in [0.5, 0.6) is 0 Å². The van der Waals surface area contributed by atoms with E-state index in [1.54, 1.807) is 0 Å². The van der Waals surface area contributed by atoms with Crippen LogP contribution in [0.15, 0.2) is 0 Å². The van der Waals surface area contributed by atoms with Crippen LogP contribution in [0.3, 0.4) is 0 Å². The second-order valence-corrected chi connectivity index (χ2v) is 22.3. The van der Waals surface area contributed by atoms with E-state index in [2.05, 4.69) is 27.7 Å². The van der Waals surface area contributed by atoms with Crippen LogP contribution in [0.4, 0.5) is 0 Å². The summed E-state index contributed by atoms with van der Waals surface area (Å²) in [5, 5.41) is 0. The molecule has 0 aromatic heterocycles. The standard InChI is InChI=1S/2C24H51O2P.Zn/c2*1-3-5-7-9-11-13-15-17-19-21-23-27(25,26)24-22-20-18-16-14-12-10-8-6-4-2;/h2*3-24H2,1-2H3,(H,25,26);/q;;+2/p-2. The first-order valence-electron chi connectivity index (χ1n) is 24.8. The molecule has 0 aromatic rings. The summed E-state index contributed by atoms with van der Waals surface area (Å²) < 4.78 is 24.3. The second kappa shape index (κ2) is 49.4. The summed E-state index contributed by atoms with van der Waals surface area (Å²) in [6, 6.07) is 0. The van der Waals surface area contributed by atoms with E-state index in [1.807, 2.05) is 0 Å². The van der Waals surface area contributed by atoms with Gasteiger partial charge in [-0.1, -0.05) is 259 Å². The van der Waals surface area contributed by atoms with E-state index in [0.29, 0.717) is 24.6 Å². The van der Waals surface area contributed by atoms with Crippen LogP contribution in [0.1, 0.15) is 285 Å². The van der Waals surface area contributed by atoms with Crippen LogP contribution < -0.4 is 9.79 Å². The van der Waals surface area contributed by atoms with Gasteiger partial charge in [0.2, 0.25) is 0 Å². The fourth-order valence-corrected chi connectivity index (χ4v) is 10.9. The Kier molecular flexibility index (Phi) is 54.1. The Morgan fingerprint density at radius 3 is 0.473 bits per heavy atom. The fourth-order valence-electron chi connectivity index (χ4n) is 7.58. The first kappa shape index (κ1) is 60.3. The van der Waals surface area contributed by atoms with Crippen LogP contribution in [0.2, 0.25) is 0 Å². The zero-order valence-electron chi connectivity index (χ0n) is 38.3. The Bertz CT molecular complexity index is 676. The molecule has 0 aliphatic carbocycles. The quantitative estimate of drug-likeness (QED) is 0.0347. The van der Waals surface area contributed by atoms with Crippen molar-refractivity contribution < 1.29 is 38.4 Å². The third-order valence-electron chi connectivity index (χ3n) is 11.4. The van der Waals surface area contributed by atoms with E-state index in [-0.39, 0.29) is 19.5 Å². The van der Waals surface area contributed by atoms with E-state index in [1.165, 1.54) is 205 Å². The van der Waals surface area contributed by atoms with Crippen LogP contribution in [-0.4, -0.2) is 24.6 Å². The predicted octanol–water partition coefficient (Wildman–Crippen LogP) is 16.9. The average molecular weight is 869 g/mol. The van der Waals surface area contributed by atoms with E-state index < -0.39 is 14.7 Å². The van der Waals surface area contributed by atoms with Crippen LogP contribution >= 0.6 is 14.7 Å². The Morgan fingerprint density at radius 1 is 0.236 bits per heavy atom. The smallest absolute Gasteiger partial charge is 0.799 e. The van der Waals surface area contributed by atoms with Gasteiger partial charge in [0, 0.05) is 14.7 Å². The fraction of sp³-hybridized carbons (Fsp3) is 1.00. The van der Waals surface area contributed by atoms with E-state index >= 15 is 0 Å². The van der Waals surface area contributed by atoms with Crippen molar-refractivity contribution in [1.29, 1.82) is 0 Å². The maximum absolute atomic E-state index is 12.1. The molecule has 0 radical (unpaired) electrons. The summed E-state index contributed by atoms with van der Waals surface area (Å²) in [5.74, 6) is 0. The third-order valence-corrected chi connectivity index (χ3v) is 15.4. The van der Waals surface area contributed by atoms with Crippen LogP contribution in [0, 0.1) is 0 Å². The number of hydrogen-bond donors (Lipinski definition) is 0. The Balaban J connectivity index is -0.000000966. The Hall–Kier alpha value is 1.00. The monoisotopic (exact) mass is 867 g/mol. The van der Waals surface area contributed by atoms with Crippen molar-refractivity contribution in [2.75, 3.05) is 24.6 Å². The molecule has 328 valence electrons. The van der Waals surface area contributed by atoms with Gasteiger partial charge < -0.3 is 18.9 Å².